The van der Waals surface area contributed by atoms with Crippen molar-refractivity contribution in [2.24, 2.45) is 0 Å². The molecule has 0 aliphatic rings. The van der Waals surface area contributed by atoms with Crippen LogP contribution in [0.2, 0.25) is 0 Å². The smallest absolute Gasteiger partial charge is 0.122 e. The van der Waals surface area contributed by atoms with E-state index in [1.54, 1.807) is 11.3 Å². The minimum atomic E-state index is 0.168. The van der Waals surface area contributed by atoms with Crippen molar-refractivity contribution in [2.75, 3.05) is 6.54 Å². The van der Waals surface area contributed by atoms with Crippen LogP contribution in [0.4, 0.5) is 0 Å². The fourth-order valence-electron chi connectivity index (χ4n) is 2.00. The summed E-state index contributed by atoms with van der Waals surface area (Å²) in [6.45, 7) is 8.06. The maximum absolute atomic E-state index is 5.96. The van der Waals surface area contributed by atoms with E-state index in [0.29, 0.717) is 0 Å². The molecule has 2 rings (SSSR count). The highest BCUT2D eigenvalue weighted by atomic mass is 32.1. The third-order valence-electron chi connectivity index (χ3n) is 2.97. The van der Waals surface area contributed by atoms with Crippen LogP contribution < -0.4 is 10.1 Å². The molecule has 19 heavy (non-hydrogen) atoms. The molecule has 1 N–H and O–H groups in total. The molecule has 2 nitrogen and oxygen atoms in total. The molecule has 1 heterocycles. The predicted molar refractivity (Wildman–Crippen MR) is 82.0 cm³/mol. The van der Waals surface area contributed by atoms with Crippen molar-refractivity contribution in [3.05, 3.63) is 51.7 Å². The summed E-state index contributed by atoms with van der Waals surface area (Å²) in [5.41, 5.74) is 2.47. The SMILES string of the molecule is Cc1ccc(OC(C)CNCc2cccs2)c(C)c1. The lowest BCUT2D eigenvalue weighted by atomic mass is 10.1. The molecule has 0 saturated heterocycles. The minimum absolute atomic E-state index is 0.168. The molecule has 2 aromatic rings. The maximum Gasteiger partial charge on any atom is 0.122 e. The number of thiophene rings is 1. The van der Waals surface area contributed by atoms with E-state index < -0.39 is 0 Å². The van der Waals surface area contributed by atoms with Crippen molar-refractivity contribution in [2.45, 2.75) is 33.4 Å². The highest BCUT2D eigenvalue weighted by Crippen LogP contribution is 2.19. The first-order valence-corrected chi connectivity index (χ1v) is 7.50. The molecule has 102 valence electrons. The van der Waals surface area contributed by atoms with Gasteiger partial charge in [-0.05, 0) is 43.8 Å². The van der Waals surface area contributed by atoms with Crippen molar-refractivity contribution < 1.29 is 4.74 Å². The average molecular weight is 275 g/mol. The van der Waals surface area contributed by atoms with Crippen molar-refractivity contribution in [3.8, 4) is 5.75 Å². The van der Waals surface area contributed by atoms with Crippen LogP contribution in [-0.2, 0) is 6.54 Å². The van der Waals surface area contributed by atoms with Gasteiger partial charge in [-0.1, -0.05) is 23.8 Å². The molecule has 1 unspecified atom stereocenters. The number of hydrogen-bond donors (Lipinski definition) is 1. The summed E-state index contributed by atoms with van der Waals surface area (Å²) in [6, 6.07) is 10.5. The van der Waals surface area contributed by atoms with Crippen LogP contribution in [0.15, 0.2) is 35.7 Å². The zero-order valence-corrected chi connectivity index (χ0v) is 12.6. The second-order valence-corrected chi connectivity index (χ2v) is 5.94. The molecule has 0 aliphatic carbocycles. The average Bonchev–Trinajstić information content (AvgIpc) is 2.86. The van der Waals surface area contributed by atoms with Gasteiger partial charge in [0.15, 0.2) is 0 Å². The topological polar surface area (TPSA) is 21.3 Å². The molecular formula is C16H21NOS. The molecule has 0 amide bonds. The Hall–Kier alpha value is -1.32. The second kappa shape index (κ2) is 6.73. The summed E-state index contributed by atoms with van der Waals surface area (Å²) in [5.74, 6) is 0.982. The molecule has 1 atom stereocenters. The molecule has 3 heteroatoms. The van der Waals surface area contributed by atoms with Gasteiger partial charge in [-0.25, -0.2) is 0 Å². The Morgan fingerprint density at radius 3 is 2.79 bits per heavy atom. The molecule has 1 aromatic heterocycles. The van der Waals surface area contributed by atoms with E-state index in [1.165, 1.54) is 16.0 Å². The van der Waals surface area contributed by atoms with E-state index in [2.05, 4.69) is 61.8 Å². The Kier molecular flexibility index (Phi) is 5.00. The fraction of sp³-hybridized carbons (Fsp3) is 0.375. The molecule has 0 radical (unpaired) electrons. The standard InChI is InChI=1S/C16H21NOS/c1-12-6-7-16(13(2)9-12)18-14(3)10-17-11-15-5-4-8-19-15/h4-9,14,17H,10-11H2,1-3H3. The number of ether oxygens (including phenoxy) is 1. The maximum atomic E-state index is 5.96. The molecule has 1 aromatic carbocycles. The quantitative estimate of drug-likeness (QED) is 0.862. The first-order chi connectivity index (χ1) is 9.15. The van der Waals surface area contributed by atoms with Crippen LogP contribution in [0.1, 0.15) is 22.9 Å². The van der Waals surface area contributed by atoms with Gasteiger partial charge in [0.1, 0.15) is 11.9 Å². The zero-order chi connectivity index (χ0) is 13.7. The van der Waals surface area contributed by atoms with E-state index >= 15 is 0 Å². The van der Waals surface area contributed by atoms with Crippen molar-refractivity contribution in [1.82, 2.24) is 5.32 Å². The number of benzene rings is 1. The molecule has 0 fully saturated rings. The first kappa shape index (κ1) is 14.1. The largest absolute Gasteiger partial charge is 0.489 e. The summed E-state index contributed by atoms with van der Waals surface area (Å²) in [6.07, 6.45) is 0.168. The van der Waals surface area contributed by atoms with Crippen LogP contribution in [0.5, 0.6) is 5.75 Å². The first-order valence-electron chi connectivity index (χ1n) is 6.62. The Morgan fingerprint density at radius 2 is 2.11 bits per heavy atom. The van der Waals surface area contributed by atoms with E-state index in [9.17, 15) is 0 Å². The molecule has 0 saturated carbocycles. The summed E-state index contributed by atoms with van der Waals surface area (Å²) in [4.78, 5) is 1.36. The Bertz CT molecular complexity index is 507. The van der Waals surface area contributed by atoms with E-state index in [0.717, 1.165) is 18.8 Å². The number of rotatable bonds is 6. The zero-order valence-electron chi connectivity index (χ0n) is 11.8. The lowest BCUT2D eigenvalue weighted by Crippen LogP contribution is -2.28. The Balaban J connectivity index is 1.79. The van der Waals surface area contributed by atoms with Gasteiger partial charge in [-0.15, -0.1) is 11.3 Å². The van der Waals surface area contributed by atoms with Crippen LogP contribution in [0.25, 0.3) is 0 Å². The molecule has 0 spiro atoms. The Labute approximate surface area is 119 Å². The van der Waals surface area contributed by atoms with Crippen molar-refractivity contribution in [3.63, 3.8) is 0 Å². The van der Waals surface area contributed by atoms with E-state index in [4.69, 9.17) is 4.74 Å². The number of hydrogen-bond acceptors (Lipinski definition) is 3. The third-order valence-corrected chi connectivity index (χ3v) is 3.85. The van der Waals surface area contributed by atoms with Gasteiger partial charge in [0, 0.05) is 18.0 Å². The lowest BCUT2D eigenvalue weighted by Gasteiger charge is -2.17. The minimum Gasteiger partial charge on any atom is -0.489 e. The second-order valence-electron chi connectivity index (χ2n) is 4.91. The normalized spacial score (nSPS) is 12.4. The van der Waals surface area contributed by atoms with Gasteiger partial charge >= 0.3 is 0 Å². The summed E-state index contributed by atoms with van der Waals surface area (Å²) in [7, 11) is 0. The summed E-state index contributed by atoms with van der Waals surface area (Å²) in [5, 5.41) is 5.53. The van der Waals surface area contributed by atoms with Crippen LogP contribution in [0.3, 0.4) is 0 Å². The predicted octanol–water partition coefficient (Wildman–Crippen LogP) is 3.92. The third kappa shape index (κ3) is 4.37. The number of nitrogens with one attached hydrogen (secondary N) is 1. The summed E-state index contributed by atoms with van der Waals surface area (Å²) >= 11 is 1.78. The van der Waals surface area contributed by atoms with Gasteiger partial charge in [-0.2, -0.15) is 0 Å². The highest BCUT2D eigenvalue weighted by molar-refractivity contribution is 7.09. The highest BCUT2D eigenvalue weighted by Gasteiger charge is 2.06. The molecular weight excluding hydrogens is 254 g/mol. The van der Waals surface area contributed by atoms with Crippen LogP contribution >= 0.6 is 11.3 Å². The van der Waals surface area contributed by atoms with E-state index in [-0.39, 0.29) is 6.10 Å². The van der Waals surface area contributed by atoms with Crippen LogP contribution in [-0.4, -0.2) is 12.6 Å². The van der Waals surface area contributed by atoms with Gasteiger partial charge in [0.05, 0.1) is 0 Å². The van der Waals surface area contributed by atoms with E-state index in [1.807, 2.05) is 0 Å². The van der Waals surface area contributed by atoms with Crippen LogP contribution in [0, 0.1) is 13.8 Å². The monoisotopic (exact) mass is 275 g/mol. The molecule has 0 bridgehead atoms. The van der Waals surface area contributed by atoms with Crippen molar-refractivity contribution in [1.29, 1.82) is 0 Å². The number of aryl methyl sites for hydroxylation is 2. The van der Waals surface area contributed by atoms with Gasteiger partial charge < -0.3 is 10.1 Å². The lowest BCUT2D eigenvalue weighted by molar-refractivity contribution is 0.215. The molecule has 0 aliphatic heterocycles. The van der Waals surface area contributed by atoms with Gasteiger partial charge in [0.25, 0.3) is 0 Å². The summed E-state index contributed by atoms with van der Waals surface area (Å²) < 4.78 is 5.96. The van der Waals surface area contributed by atoms with Crippen molar-refractivity contribution >= 4 is 11.3 Å². The van der Waals surface area contributed by atoms with Gasteiger partial charge in [-0.3, -0.25) is 0 Å². The van der Waals surface area contributed by atoms with Gasteiger partial charge in [0.2, 0.25) is 0 Å². The Morgan fingerprint density at radius 1 is 1.26 bits per heavy atom. The fourth-order valence-corrected chi connectivity index (χ4v) is 2.68.